The van der Waals surface area contributed by atoms with Gasteiger partial charge in [-0.15, -0.1) is 10.2 Å². The van der Waals surface area contributed by atoms with Gasteiger partial charge in [0, 0.05) is 18.2 Å². The van der Waals surface area contributed by atoms with E-state index in [2.05, 4.69) is 26.0 Å². The molecule has 0 radical (unpaired) electrons. The van der Waals surface area contributed by atoms with Gasteiger partial charge >= 0.3 is 0 Å². The van der Waals surface area contributed by atoms with E-state index in [9.17, 15) is 9.59 Å². The van der Waals surface area contributed by atoms with Crippen molar-refractivity contribution >= 4 is 23.2 Å². The fourth-order valence-electron chi connectivity index (χ4n) is 2.52. The molecule has 2 N–H and O–H groups in total. The number of nitrogens with zero attached hydrogens (tertiary/aromatic N) is 4. The number of aromatic nitrogens is 4. The fraction of sp³-hybridized carbons (Fsp3) is 0.211. The Labute approximate surface area is 161 Å². The molecule has 0 bridgehead atoms. The van der Waals surface area contributed by atoms with Gasteiger partial charge in [-0.05, 0) is 30.3 Å². The molecule has 9 nitrogen and oxygen atoms in total. The SMILES string of the molecule is COc1ccc(NC(C)=O)cc1NC(=O)C(C)n1nnc(-c2ccccc2)n1. The second kappa shape index (κ2) is 8.30. The first-order valence-corrected chi connectivity index (χ1v) is 8.59. The summed E-state index contributed by atoms with van der Waals surface area (Å²) < 4.78 is 5.28. The van der Waals surface area contributed by atoms with Crippen molar-refractivity contribution in [2.24, 2.45) is 0 Å². The van der Waals surface area contributed by atoms with Gasteiger partial charge < -0.3 is 15.4 Å². The molecule has 3 aromatic rings. The molecule has 2 aromatic carbocycles. The second-order valence-corrected chi connectivity index (χ2v) is 6.06. The Morgan fingerprint density at radius 2 is 1.86 bits per heavy atom. The summed E-state index contributed by atoms with van der Waals surface area (Å²) in [5.74, 6) is 0.336. The van der Waals surface area contributed by atoms with Crippen molar-refractivity contribution in [2.75, 3.05) is 17.7 Å². The van der Waals surface area contributed by atoms with E-state index < -0.39 is 6.04 Å². The minimum absolute atomic E-state index is 0.212. The zero-order chi connectivity index (χ0) is 20.1. The third kappa shape index (κ3) is 4.32. The predicted molar refractivity (Wildman–Crippen MR) is 104 cm³/mol. The van der Waals surface area contributed by atoms with Crippen molar-refractivity contribution in [3.05, 3.63) is 48.5 Å². The summed E-state index contributed by atoms with van der Waals surface area (Å²) in [7, 11) is 1.50. The van der Waals surface area contributed by atoms with E-state index in [-0.39, 0.29) is 11.8 Å². The molecule has 3 rings (SSSR count). The summed E-state index contributed by atoms with van der Waals surface area (Å²) in [6.07, 6.45) is 0. The Hall–Kier alpha value is -3.75. The minimum atomic E-state index is -0.709. The van der Waals surface area contributed by atoms with E-state index in [1.54, 1.807) is 25.1 Å². The molecule has 28 heavy (non-hydrogen) atoms. The van der Waals surface area contributed by atoms with Gasteiger partial charge in [0.15, 0.2) is 0 Å². The number of anilines is 2. The van der Waals surface area contributed by atoms with Crippen LogP contribution in [-0.4, -0.2) is 39.1 Å². The third-order valence-electron chi connectivity index (χ3n) is 3.96. The Morgan fingerprint density at radius 3 is 2.54 bits per heavy atom. The van der Waals surface area contributed by atoms with E-state index in [1.807, 2.05) is 30.3 Å². The van der Waals surface area contributed by atoms with Crippen molar-refractivity contribution in [2.45, 2.75) is 19.9 Å². The molecule has 2 amide bonds. The van der Waals surface area contributed by atoms with Gasteiger partial charge in [0.25, 0.3) is 5.91 Å². The third-order valence-corrected chi connectivity index (χ3v) is 3.96. The van der Waals surface area contributed by atoms with Crippen molar-refractivity contribution in [1.29, 1.82) is 0 Å². The quantitative estimate of drug-likeness (QED) is 0.680. The van der Waals surface area contributed by atoms with Crippen LogP contribution in [0.5, 0.6) is 5.75 Å². The van der Waals surface area contributed by atoms with Crippen LogP contribution in [0, 0.1) is 0 Å². The minimum Gasteiger partial charge on any atom is -0.495 e. The van der Waals surface area contributed by atoms with Crippen LogP contribution in [0.1, 0.15) is 19.9 Å². The van der Waals surface area contributed by atoms with Gasteiger partial charge in [-0.1, -0.05) is 30.3 Å². The Bertz CT molecular complexity index is 986. The molecule has 0 aliphatic carbocycles. The second-order valence-electron chi connectivity index (χ2n) is 6.06. The normalized spacial score (nSPS) is 11.5. The monoisotopic (exact) mass is 380 g/mol. The lowest BCUT2D eigenvalue weighted by Gasteiger charge is -2.15. The van der Waals surface area contributed by atoms with Crippen LogP contribution in [0.2, 0.25) is 0 Å². The highest BCUT2D eigenvalue weighted by Gasteiger charge is 2.20. The van der Waals surface area contributed by atoms with Gasteiger partial charge in [-0.2, -0.15) is 4.80 Å². The maximum absolute atomic E-state index is 12.7. The molecule has 0 spiro atoms. The van der Waals surface area contributed by atoms with Gasteiger partial charge in [-0.3, -0.25) is 9.59 Å². The molecule has 1 heterocycles. The number of amides is 2. The number of benzene rings is 2. The number of nitrogens with one attached hydrogen (secondary N) is 2. The molecule has 0 aliphatic heterocycles. The van der Waals surface area contributed by atoms with E-state index in [4.69, 9.17) is 4.74 Å². The number of rotatable bonds is 6. The highest BCUT2D eigenvalue weighted by atomic mass is 16.5. The van der Waals surface area contributed by atoms with Crippen LogP contribution >= 0.6 is 0 Å². The lowest BCUT2D eigenvalue weighted by Crippen LogP contribution is -2.25. The zero-order valence-corrected chi connectivity index (χ0v) is 15.7. The molecular formula is C19H20N6O3. The maximum Gasteiger partial charge on any atom is 0.250 e. The molecule has 0 saturated carbocycles. The summed E-state index contributed by atoms with van der Waals surface area (Å²) in [6.45, 7) is 3.07. The van der Waals surface area contributed by atoms with Gasteiger partial charge in [-0.25, -0.2) is 0 Å². The van der Waals surface area contributed by atoms with Gasteiger partial charge in [0.2, 0.25) is 11.7 Å². The molecule has 1 atom stereocenters. The Morgan fingerprint density at radius 1 is 1.11 bits per heavy atom. The van der Waals surface area contributed by atoms with Crippen molar-refractivity contribution in [1.82, 2.24) is 20.2 Å². The molecule has 0 saturated heterocycles. The first kappa shape index (κ1) is 19.0. The van der Waals surface area contributed by atoms with E-state index in [1.165, 1.54) is 18.8 Å². The highest BCUT2D eigenvalue weighted by Crippen LogP contribution is 2.28. The summed E-state index contributed by atoms with van der Waals surface area (Å²) in [5.41, 5.74) is 1.78. The average molecular weight is 380 g/mol. The Balaban J connectivity index is 1.77. The standard InChI is InChI=1S/C19H20N6O3/c1-12(25-23-18(22-24-25)14-7-5-4-6-8-14)19(27)21-16-11-15(20-13(2)26)9-10-17(16)28-3/h4-12H,1-3H3,(H,20,26)(H,21,27). The highest BCUT2D eigenvalue weighted by molar-refractivity contribution is 5.96. The van der Waals surface area contributed by atoms with Crippen molar-refractivity contribution in [3.63, 3.8) is 0 Å². The summed E-state index contributed by atoms with van der Waals surface area (Å²) in [6, 6.07) is 13.6. The first-order chi connectivity index (χ1) is 13.5. The topological polar surface area (TPSA) is 111 Å². The number of carbonyl (C=O) groups excluding carboxylic acids is 2. The van der Waals surface area contributed by atoms with E-state index >= 15 is 0 Å². The van der Waals surface area contributed by atoms with Crippen molar-refractivity contribution < 1.29 is 14.3 Å². The van der Waals surface area contributed by atoms with Gasteiger partial charge in [0.1, 0.15) is 11.8 Å². The van der Waals surface area contributed by atoms with Crippen molar-refractivity contribution in [3.8, 4) is 17.1 Å². The predicted octanol–water partition coefficient (Wildman–Crippen LogP) is 2.51. The molecule has 0 fully saturated rings. The fourth-order valence-corrected chi connectivity index (χ4v) is 2.52. The number of tetrazole rings is 1. The number of hydrogen-bond donors (Lipinski definition) is 2. The zero-order valence-electron chi connectivity index (χ0n) is 15.7. The van der Waals surface area contributed by atoms with Gasteiger partial charge in [0.05, 0.1) is 12.8 Å². The lowest BCUT2D eigenvalue weighted by atomic mass is 10.2. The number of ether oxygens (including phenoxy) is 1. The largest absolute Gasteiger partial charge is 0.495 e. The summed E-state index contributed by atoms with van der Waals surface area (Å²) in [4.78, 5) is 25.2. The molecule has 9 heteroatoms. The first-order valence-electron chi connectivity index (χ1n) is 8.59. The summed E-state index contributed by atoms with van der Waals surface area (Å²) in [5, 5.41) is 17.7. The summed E-state index contributed by atoms with van der Waals surface area (Å²) >= 11 is 0. The van der Waals surface area contributed by atoms with Crippen LogP contribution in [-0.2, 0) is 9.59 Å². The van der Waals surface area contributed by atoms with Crippen LogP contribution < -0.4 is 15.4 Å². The molecule has 1 aromatic heterocycles. The molecule has 144 valence electrons. The average Bonchev–Trinajstić information content (AvgIpc) is 3.18. The Kier molecular flexibility index (Phi) is 5.64. The number of hydrogen-bond acceptors (Lipinski definition) is 6. The van der Waals surface area contributed by atoms with Crippen LogP contribution in [0.25, 0.3) is 11.4 Å². The molecular weight excluding hydrogens is 360 g/mol. The molecule has 0 aliphatic rings. The van der Waals surface area contributed by atoms with E-state index in [0.29, 0.717) is 22.9 Å². The van der Waals surface area contributed by atoms with Crippen LogP contribution in [0.15, 0.2) is 48.5 Å². The molecule has 1 unspecified atom stereocenters. The van der Waals surface area contributed by atoms with Crippen LogP contribution in [0.4, 0.5) is 11.4 Å². The van der Waals surface area contributed by atoms with Crippen LogP contribution in [0.3, 0.4) is 0 Å². The van der Waals surface area contributed by atoms with E-state index in [0.717, 1.165) is 5.56 Å². The smallest absolute Gasteiger partial charge is 0.250 e. The number of carbonyl (C=O) groups is 2. The number of methoxy groups -OCH3 is 1. The lowest BCUT2D eigenvalue weighted by molar-refractivity contribution is -0.119. The maximum atomic E-state index is 12.7.